The number of fused-ring (bicyclic) bond motifs is 4. The van der Waals surface area contributed by atoms with Crippen LogP contribution in [-0.4, -0.2) is 22.4 Å². The average Bonchev–Trinajstić information content (AvgIpc) is 3.26. The summed E-state index contributed by atoms with van der Waals surface area (Å²) in [6.07, 6.45) is 3.82. The Labute approximate surface area is 350 Å². The quantitative estimate of drug-likeness (QED) is 0.152. The van der Waals surface area contributed by atoms with Crippen LogP contribution in [0.3, 0.4) is 0 Å². The number of aryl methyl sites for hydroxylation is 4. The number of benzene rings is 8. The molecule has 0 atom stereocenters. The molecule has 0 bridgehead atoms. The van der Waals surface area contributed by atoms with Crippen LogP contribution in [0.5, 0.6) is 0 Å². The number of hydrogen-bond acceptors (Lipinski definition) is 4. The van der Waals surface area contributed by atoms with Crippen molar-refractivity contribution in [1.29, 1.82) is 0 Å². The molecule has 0 aliphatic rings. The lowest BCUT2D eigenvalue weighted by atomic mass is 9.91. The van der Waals surface area contributed by atoms with E-state index >= 15 is 0 Å². The van der Waals surface area contributed by atoms with Gasteiger partial charge in [-0.25, -0.2) is 9.97 Å². The van der Waals surface area contributed by atoms with Gasteiger partial charge in [-0.1, -0.05) is 156 Å². The number of hydrogen-bond donors (Lipinski definition) is 0. The second-order valence-electron chi connectivity index (χ2n) is 15.9. The molecule has 4 heteroatoms. The van der Waals surface area contributed by atoms with E-state index in [1.807, 2.05) is 24.6 Å². The predicted molar refractivity (Wildman–Crippen MR) is 255 cm³/mol. The van der Waals surface area contributed by atoms with Crippen LogP contribution in [0.15, 0.2) is 180 Å². The van der Waals surface area contributed by atoms with Crippen LogP contribution < -0.4 is 0 Å². The van der Waals surface area contributed by atoms with E-state index in [-0.39, 0.29) is 0 Å². The summed E-state index contributed by atoms with van der Waals surface area (Å²) in [5, 5.41) is 6.69. The van der Waals surface area contributed by atoms with E-state index in [1.165, 1.54) is 33.4 Å². The monoisotopic (exact) mass is 770 g/mol. The molecule has 286 valence electrons. The van der Waals surface area contributed by atoms with Crippen LogP contribution in [0, 0.1) is 27.7 Å². The fourth-order valence-electron chi connectivity index (χ4n) is 8.79. The van der Waals surface area contributed by atoms with Crippen molar-refractivity contribution in [1.82, 2.24) is 9.97 Å². The first-order valence-corrected chi connectivity index (χ1v) is 20.4. The molecule has 0 saturated heterocycles. The van der Waals surface area contributed by atoms with Crippen molar-refractivity contribution in [3.05, 3.63) is 203 Å². The minimum atomic E-state index is 0.792. The first-order valence-electron chi connectivity index (χ1n) is 20.4. The number of nitrogens with zero attached hydrogens (tertiary/aromatic N) is 4. The molecule has 4 nitrogen and oxygen atoms in total. The van der Waals surface area contributed by atoms with Crippen LogP contribution in [0.1, 0.15) is 33.6 Å². The van der Waals surface area contributed by atoms with E-state index in [1.54, 1.807) is 0 Å². The maximum atomic E-state index is 5.29. The third-order valence-electron chi connectivity index (χ3n) is 11.3. The van der Waals surface area contributed by atoms with Gasteiger partial charge in [-0.15, -0.1) is 0 Å². The number of pyridine rings is 2. The van der Waals surface area contributed by atoms with Crippen molar-refractivity contribution in [2.75, 3.05) is 0 Å². The molecule has 0 N–H and O–H groups in total. The fourth-order valence-corrected chi connectivity index (χ4v) is 8.79. The van der Waals surface area contributed by atoms with Gasteiger partial charge in [0, 0.05) is 21.9 Å². The summed E-state index contributed by atoms with van der Waals surface area (Å²) in [6, 6.07) is 60.1. The Balaban J connectivity index is 1.15. The molecule has 0 radical (unpaired) electrons. The van der Waals surface area contributed by atoms with Crippen molar-refractivity contribution >= 4 is 67.2 Å². The Morgan fingerprint density at radius 2 is 0.733 bits per heavy atom. The van der Waals surface area contributed by atoms with Crippen LogP contribution >= 0.6 is 0 Å². The van der Waals surface area contributed by atoms with Gasteiger partial charge in [0.1, 0.15) is 0 Å². The maximum Gasteiger partial charge on any atom is 0.0826 e. The summed E-state index contributed by atoms with van der Waals surface area (Å²) in [5.74, 6) is 0. The second kappa shape index (κ2) is 15.3. The molecule has 10 aromatic rings. The maximum absolute atomic E-state index is 5.29. The first kappa shape index (κ1) is 36.8. The lowest BCUT2D eigenvalue weighted by Gasteiger charge is -2.16. The van der Waals surface area contributed by atoms with E-state index in [0.717, 1.165) is 88.4 Å². The zero-order valence-electron chi connectivity index (χ0n) is 34.1. The summed E-state index contributed by atoms with van der Waals surface area (Å²) in [6.45, 7) is 8.60. The number of rotatable bonds is 7. The van der Waals surface area contributed by atoms with Crippen LogP contribution in [0.2, 0.25) is 0 Å². The topological polar surface area (TPSA) is 50.5 Å². The van der Waals surface area contributed by atoms with Crippen molar-refractivity contribution < 1.29 is 0 Å². The lowest BCUT2D eigenvalue weighted by Crippen LogP contribution is -1.94. The predicted octanol–water partition coefficient (Wildman–Crippen LogP) is 14.8. The zero-order chi connectivity index (χ0) is 40.7. The largest absolute Gasteiger partial charge is 0.254 e. The summed E-state index contributed by atoms with van der Waals surface area (Å²) in [5.41, 5.74) is 16.7. The Bertz CT molecular complexity index is 3110. The van der Waals surface area contributed by atoms with Gasteiger partial charge in [0.2, 0.25) is 0 Å². The van der Waals surface area contributed by atoms with Crippen LogP contribution in [0.4, 0.5) is 11.4 Å². The highest BCUT2D eigenvalue weighted by molar-refractivity contribution is 6.14. The molecule has 8 aromatic carbocycles. The van der Waals surface area contributed by atoms with Crippen molar-refractivity contribution in [2.45, 2.75) is 27.7 Å². The number of aromatic nitrogens is 2. The molecule has 0 fully saturated rings. The average molecular weight is 771 g/mol. The van der Waals surface area contributed by atoms with Gasteiger partial charge in [0.25, 0.3) is 0 Å². The molecular weight excluding hydrogens is 729 g/mol. The molecule has 0 amide bonds. The molecule has 2 aromatic heterocycles. The Kier molecular flexibility index (Phi) is 9.38. The summed E-state index contributed by atoms with van der Waals surface area (Å²) in [4.78, 5) is 20.8. The van der Waals surface area contributed by atoms with Gasteiger partial charge < -0.3 is 0 Å². The summed E-state index contributed by atoms with van der Waals surface area (Å²) in [7, 11) is 0. The van der Waals surface area contributed by atoms with Gasteiger partial charge >= 0.3 is 0 Å². The molecule has 0 aliphatic heterocycles. The Morgan fingerprint density at radius 1 is 0.367 bits per heavy atom. The van der Waals surface area contributed by atoms with Crippen molar-refractivity contribution in [3.63, 3.8) is 0 Å². The molecule has 60 heavy (non-hydrogen) atoms. The fraction of sp³-hybridized carbons (Fsp3) is 0.0714. The number of para-hydroxylation sites is 2. The molecule has 10 rings (SSSR count). The normalized spacial score (nSPS) is 11.9. The van der Waals surface area contributed by atoms with Crippen LogP contribution in [0.25, 0.3) is 76.7 Å². The standard InChI is InChI=1S/C56H42N4/c1-35-25-36(2)28-41(27-35)49-31-43(59-51-19-11-9-17-47(49)51)33-57-53-23-21-39-13-5-7-15-45(39)55(53)56-46-16-8-6-14-40(46)22-24-54(56)58-34-44-32-50(42-29-37(3)26-38(4)30-42)48-18-10-12-20-52(48)60-44/h5-34H,1-4H3. The lowest BCUT2D eigenvalue weighted by molar-refractivity contribution is 1.35. The highest BCUT2D eigenvalue weighted by atomic mass is 14.8. The highest BCUT2D eigenvalue weighted by Gasteiger charge is 2.18. The van der Waals surface area contributed by atoms with E-state index < -0.39 is 0 Å². The highest BCUT2D eigenvalue weighted by Crippen LogP contribution is 2.46. The van der Waals surface area contributed by atoms with E-state index in [9.17, 15) is 0 Å². The molecule has 0 saturated carbocycles. The zero-order valence-corrected chi connectivity index (χ0v) is 34.1. The SMILES string of the molecule is Cc1cc(C)cc(-c2cc(C=Nc3ccc4ccccc4c3-c3c(N=Cc4cc(-c5cc(C)cc(C)c5)c5ccccc5n4)ccc4ccccc34)nc3ccccc23)c1. The first-order chi connectivity index (χ1) is 29.3. The Hall–Kier alpha value is -7.56. The van der Waals surface area contributed by atoms with Gasteiger partial charge in [-0.2, -0.15) is 0 Å². The minimum Gasteiger partial charge on any atom is -0.254 e. The van der Waals surface area contributed by atoms with E-state index in [0.29, 0.717) is 0 Å². The summed E-state index contributed by atoms with van der Waals surface area (Å²) < 4.78 is 0. The molecule has 0 spiro atoms. The van der Waals surface area contributed by atoms with E-state index in [2.05, 4.69) is 185 Å². The van der Waals surface area contributed by atoms with Crippen LogP contribution in [-0.2, 0) is 0 Å². The van der Waals surface area contributed by atoms with Gasteiger partial charge in [0.05, 0.1) is 46.2 Å². The van der Waals surface area contributed by atoms with E-state index in [4.69, 9.17) is 20.0 Å². The second-order valence-corrected chi connectivity index (χ2v) is 15.9. The minimum absolute atomic E-state index is 0.792. The van der Waals surface area contributed by atoms with Gasteiger partial charge in [-0.05, 0) is 108 Å². The number of aliphatic imine (C=N–C) groups is 2. The molecular formula is C56H42N4. The van der Waals surface area contributed by atoms with Gasteiger partial charge in [-0.3, -0.25) is 9.98 Å². The molecule has 0 unspecified atom stereocenters. The van der Waals surface area contributed by atoms with Crippen molar-refractivity contribution in [3.8, 4) is 33.4 Å². The molecule has 0 aliphatic carbocycles. The third-order valence-corrected chi connectivity index (χ3v) is 11.3. The third kappa shape index (κ3) is 7.03. The molecule has 2 heterocycles. The van der Waals surface area contributed by atoms with Crippen molar-refractivity contribution in [2.24, 2.45) is 9.98 Å². The Morgan fingerprint density at radius 3 is 1.15 bits per heavy atom. The van der Waals surface area contributed by atoms with Gasteiger partial charge in [0.15, 0.2) is 0 Å². The summed E-state index contributed by atoms with van der Waals surface area (Å²) >= 11 is 0. The smallest absolute Gasteiger partial charge is 0.0826 e.